The van der Waals surface area contributed by atoms with Crippen LogP contribution in [0.2, 0.25) is 0 Å². The van der Waals surface area contributed by atoms with Gasteiger partial charge in [0, 0.05) is 0 Å². The summed E-state index contributed by atoms with van der Waals surface area (Å²) in [6, 6.07) is 0. The molecule has 3 heteroatoms. The molecule has 2 nitrogen and oxygen atoms in total. The molecule has 0 fully saturated rings. The lowest BCUT2D eigenvalue weighted by molar-refractivity contribution is 0.664. The predicted molar refractivity (Wildman–Crippen MR) is 33.4 cm³/mol. The van der Waals surface area contributed by atoms with Crippen LogP contribution in [0, 0.1) is 4.91 Å². The maximum Gasteiger partial charge on any atom is 0.154 e. The third kappa shape index (κ3) is 2.74. The van der Waals surface area contributed by atoms with E-state index in [9.17, 15) is 4.91 Å². The van der Waals surface area contributed by atoms with Crippen LogP contribution in [0.1, 0.15) is 20.3 Å². The van der Waals surface area contributed by atoms with E-state index in [1.165, 1.54) is 0 Å². The zero-order valence-corrected chi connectivity index (χ0v) is 6.03. The van der Waals surface area contributed by atoms with Crippen molar-refractivity contribution in [1.82, 2.24) is 0 Å². The van der Waals surface area contributed by atoms with E-state index in [0.29, 0.717) is 0 Å². The molecular weight excluding hydrogens is 158 g/mol. The maximum absolute atomic E-state index is 9.76. The van der Waals surface area contributed by atoms with Crippen LogP contribution in [0.15, 0.2) is 5.18 Å². The minimum Gasteiger partial charge on any atom is -0.149 e. The summed E-state index contributed by atoms with van der Waals surface area (Å²) in [5.41, 5.74) is 0. The highest BCUT2D eigenvalue weighted by atomic mass is 79.9. The highest BCUT2D eigenvalue weighted by Gasteiger charge is 2.15. The zero-order chi connectivity index (χ0) is 5.91. The van der Waals surface area contributed by atoms with Gasteiger partial charge in [-0.3, -0.25) is 0 Å². The fourth-order valence-electron chi connectivity index (χ4n) is 0.0645. The van der Waals surface area contributed by atoms with Gasteiger partial charge in [0.25, 0.3) is 0 Å². The Labute approximate surface area is 51.4 Å². The average molecular weight is 166 g/mol. The molecule has 0 spiro atoms. The lowest BCUT2D eigenvalue weighted by Crippen LogP contribution is -2.07. The van der Waals surface area contributed by atoms with E-state index < -0.39 is 4.45 Å². The van der Waals surface area contributed by atoms with Gasteiger partial charge in [-0.1, -0.05) is 28.0 Å². The van der Waals surface area contributed by atoms with Gasteiger partial charge in [0.2, 0.25) is 0 Å². The normalized spacial score (nSPS) is 18.1. The second-order valence-electron chi connectivity index (χ2n) is 1.59. The molecule has 0 rings (SSSR count). The topological polar surface area (TPSA) is 29.4 Å². The summed E-state index contributed by atoms with van der Waals surface area (Å²) in [6.07, 6.45) is 0.733. The van der Waals surface area contributed by atoms with Crippen LogP contribution in [0.4, 0.5) is 0 Å². The summed E-state index contributed by atoms with van der Waals surface area (Å²) in [5.74, 6) is 0. The monoisotopic (exact) mass is 165 g/mol. The standard InChI is InChI=1S/C4H8BrNO/c1-3-4(2,5)6-7/h3H2,1-2H3. The van der Waals surface area contributed by atoms with Crippen molar-refractivity contribution in [2.75, 3.05) is 0 Å². The van der Waals surface area contributed by atoms with Crippen LogP contribution >= 0.6 is 15.9 Å². The molecule has 0 heterocycles. The van der Waals surface area contributed by atoms with E-state index in [4.69, 9.17) is 0 Å². The fourth-order valence-corrected chi connectivity index (χ4v) is 0.0645. The molecule has 0 radical (unpaired) electrons. The Morgan fingerprint density at radius 2 is 2.29 bits per heavy atom. The lowest BCUT2D eigenvalue weighted by Gasteiger charge is -2.06. The molecule has 0 N–H and O–H groups in total. The second-order valence-corrected chi connectivity index (χ2v) is 3.30. The van der Waals surface area contributed by atoms with E-state index in [-0.39, 0.29) is 0 Å². The molecule has 0 aromatic heterocycles. The number of rotatable bonds is 2. The third-order valence-corrected chi connectivity index (χ3v) is 1.54. The number of hydrogen-bond donors (Lipinski definition) is 0. The minimum atomic E-state index is -0.535. The average Bonchev–Trinajstić information content (AvgIpc) is 1.68. The lowest BCUT2D eigenvalue weighted by atomic mass is 10.3. The van der Waals surface area contributed by atoms with Crippen LogP contribution in [0.25, 0.3) is 0 Å². The van der Waals surface area contributed by atoms with Crippen molar-refractivity contribution in [2.45, 2.75) is 24.7 Å². The summed E-state index contributed by atoms with van der Waals surface area (Å²) in [7, 11) is 0. The fraction of sp³-hybridized carbons (Fsp3) is 1.00. The molecule has 0 aliphatic rings. The van der Waals surface area contributed by atoms with Gasteiger partial charge in [0.05, 0.1) is 0 Å². The molecule has 0 amide bonds. The smallest absolute Gasteiger partial charge is 0.149 e. The first kappa shape index (κ1) is 7.08. The van der Waals surface area contributed by atoms with Gasteiger partial charge in [-0.25, -0.2) is 0 Å². The molecule has 0 aliphatic heterocycles. The molecule has 0 bridgehead atoms. The van der Waals surface area contributed by atoms with Crippen LogP contribution in [0.5, 0.6) is 0 Å². The first-order chi connectivity index (χ1) is 3.12. The van der Waals surface area contributed by atoms with Crippen LogP contribution in [-0.4, -0.2) is 4.45 Å². The van der Waals surface area contributed by atoms with Crippen LogP contribution in [0.3, 0.4) is 0 Å². The van der Waals surface area contributed by atoms with Gasteiger partial charge >= 0.3 is 0 Å². The first-order valence-electron chi connectivity index (χ1n) is 2.16. The molecule has 1 unspecified atom stereocenters. The van der Waals surface area contributed by atoms with Crippen molar-refractivity contribution >= 4 is 15.9 Å². The number of nitrogens with zero attached hydrogens (tertiary/aromatic N) is 1. The Balaban J connectivity index is 3.58. The highest BCUT2D eigenvalue weighted by Crippen LogP contribution is 2.21. The summed E-state index contributed by atoms with van der Waals surface area (Å²) in [5, 5.41) is 2.81. The molecule has 0 saturated carbocycles. The van der Waals surface area contributed by atoms with Crippen molar-refractivity contribution in [3.8, 4) is 0 Å². The molecule has 1 atom stereocenters. The molecule has 42 valence electrons. The largest absolute Gasteiger partial charge is 0.154 e. The molecule has 0 aromatic rings. The summed E-state index contributed by atoms with van der Waals surface area (Å²) >= 11 is 3.10. The molecular formula is C4H8BrNO. The van der Waals surface area contributed by atoms with Gasteiger partial charge in [-0.15, -0.1) is 4.91 Å². The zero-order valence-electron chi connectivity index (χ0n) is 4.44. The van der Waals surface area contributed by atoms with Crippen LogP contribution in [-0.2, 0) is 0 Å². The number of nitroso groups, excluding NO2 is 1. The number of alkyl halides is 1. The Morgan fingerprint density at radius 1 is 1.86 bits per heavy atom. The van der Waals surface area contributed by atoms with Gasteiger partial charge in [0.15, 0.2) is 4.45 Å². The maximum atomic E-state index is 9.76. The number of halogens is 1. The highest BCUT2D eigenvalue weighted by molar-refractivity contribution is 9.10. The van der Waals surface area contributed by atoms with E-state index in [1.807, 2.05) is 6.92 Å². The quantitative estimate of drug-likeness (QED) is 0.351. The molecule has 0 aromatic carbocycles. The Kier molecular flexibility index (Phi) is 2.43. The van der Waals surface area contributed by atoms with Gasteiger partial charge in [-0.05, 0) is 13.3 Å². The number of hydrogen-bond acceptors (Lipinski definition) is 2. The van der Waals surface area contributed by atoms with Gasteiger partial charge in [-0.2, -0.15) is 0 Å². The van der Waals surface area contributed by atoms with Gasteiger partial charge < -0.3 is 0 Å². The van der Waals surface area contributed by atoms with Gasteiger partial charge in [0.1, 0.15) is 0 Å². The Hall–Kier alpha value is 0.0800. The van der Waals surface area contributed by atoms with Crippen LogP contribution < -0.4 is 0 Å². The Morgan fingerprint density at radius 3 is 2.29 bits per heavy atom. The second kappa shape index (κ2) is 2.40. The van der Waals surface area contributed by atoms with Crippen molar-refractivity contribution in [1.29, 1.82) is 0 Å². The predicted octanol–water partition coefficient (Wildman–Crippen LogP) is 2.27. The Bertz CT molecular complexity index is 72.1. The molecule has 0 saturated heterocycles. The van der Waals surface area contributed by atoms with Crippen molar-refractivity contribution in [3.63, 3.8) is 0 Å². The SMILES string of the molecule is CCC(C)(Br)N=O. The molecule has 7 heavy (non-hydrogen) atoms. The summed E-state index contributed by atoms with van der Waals surface area (Å²) < 4.78 is -0.535. The summed E-state index contributed by atoms with van der Waals surface area (Å²) in [4.78, 5) is 9.76. The summed E-state index contributed by atoms with van der Waals surface area (Å²) in [6.45, 7) is 3.64. The third-order valence-electron chi connectivity index (χ3n) is 0.836. The van der Waals surface area contributed by atoms with E-state index in [1.54, 1.807) is 6.92 Å². The molecule has 0 aliphatic carbocycles. The van der Waals surface area contributed by atoms with Crippen molar-refractivity contribution < 1.29 is 0 Å². The van der Waals surface area contributed by atoms with Crippen molar-refractivity contribution in [2.24, 2.45) is 5.18 Å². The first-order valence-corrected chi connectivity index (χ1v) is 2.95. The van der Waals surface area contributed by atoms with E-state index >= 15 is 0 Å². The van der Waals surface area contributed by atoms with Crippen molar-refractivity contribution in [3.05, 3.63) is 4.91 Å². The van der Waals surface area contributed by atoms with E-state index in [0.717, 1.165) is 6.42 Å². The van der Waals surface area contributed by atoms with E-state index in [2.05, 4.69) is 21.1 Å². The minimum absolute atomic E-state index is 0.535.